The zero-order valence-electron chi connectivity index (χ0n) is 13.3. The Bertz CT molecular complexity index is 499. The Morgan fingerprint density at radius 2 is 1.55 bits per heavy atom. The summed E-state index contributed by atoms with van der Waals surface area (Å²) in [6.45, 7) is 2.10. The smallest absolute Gasteiger partial charge is 0.140 e. The van der Waals surface area contributed by atoms with Gasteiger partial charge in [-0.25, -0.2) is 4.39 Å². The van der Waals surface area contributed by atoms with E-state index in [9.17, 15) is 14.0 Å². The Morgan fingerprint density at radius 3 is 2.09 bits per heavy atom. The summed E-state index contributed by atoms with van der Waals surface area (Å²) in [6, 6.07) is 6.14. The lowest BCUT2D eigenvalue weighted by Crippen LogP contribution is -2.26. The summed E-state index contributed by atoms with van der Waals surface area (Å²) in [6.07, 6.45) is 6.43. The minimum atomic E-state index is -0.276. The van der Waals surface area contributed by atoms with Gasteiger partial charge in [-0.15, -0.1) is 0 Å². The fourth-order valence-electron chi connectivity index (χ4n) is 3.24. The van der Waals surface area contributed by atoms with E-state index in [4.69, 9.17) is 0 Å². The van der Waals surface area contributed by atoms with Crippen LogP contribution in [0.4, 0.5) is 4.39 Å². The summed E-state index contributed by atoms with van der Waals surface area (Å²) < 4.78 is 12.9. The predicted octanol–water partition coefficient (Wildman–Crippen LogP) is 4.50. The lowest BCUT2D eigenvalue weighted by atomic mass is 9.76. The first-order valence-corrected chi connectivity index (χ1v) is 8.40. The molecule has 22 heavy (non-hydrogen) atoms. The summed E-state index contributed by atoms with van der Waals surface area (Å²) in [4.78, 5) is 24.4. The third kappa shape index (κ3) is 4.75. The Morgan fingerprint density at radius 1 is 1.00 bits per heavy atom. The molecule has 1 aromatic carbocycles. The number of hydrogen-bond acceptors (Lipinski definition) is 2. The van der Waals surface area contributed by atoms with Gasteiger partial charge in [-0.2, -0.15) is 0 Å². The maximum absolute atomic E-state index is 12.9. The van der Waals surface area contributed by atoms with Crippen LogP contribution in [0.3, 0.4) is 0 Å². The van der Waals surface area contributed by atoms with Crippen molar-refractivity contribution in [2.45, 2.75) is 58.3 Å². The van der Waals surface area contributed by atoms with Crippen molar-refractivity contribution in [3.63, 3.8) is 0 Å². The van der Waals surface area contributed by atoms with Crippen LogP contribution in [0.15, 0.2) is 24.3 Å². The van der Waals surface area contributed by atoms with Gasteiger partial charge >= 0.3 is 0 Å². The van der Waals surface area contributed by atoms with Crippen LogP contribution >= 0.6 is 0 Å². The van der Waals surface area contributed by atoms with Crippen molar-refractivity contribution in [3.8, 4) is 0 Å². The highest BCUT2D eigenvalue weighted by Gasteiger charge is 2.29. The number of unbranched alkanes of at least 4 members (excludes halogenated alkanes) is 1. The van der Waals surface area contributed by atoms with Gasteiger partial charge < -0.3 is 0 Å². The Labute approximate surface area is 132 Å². The van der Waals surface area contributed by atoms with Gasteiger partial charge in [-0.05, 0) is 49.8 Å². The molecule has 0 N–H and O–H groups in total. The number of benzene rings is 1. The average molecular weight is 304 g/mol. The van der Waals surface area contributed by atoms with Crippen molar-refractivity contribution in [2.24, 2.45) is 11.8 Å². The largest absolute Gasteiger partial charge is 0.299 e. The molecule has 0 amide bonds. The number of rotatable bonds is 7. The molecule has 0 aromatic heterocycles. The Hall–Kier alpha value is -1.51. The molecule has 2 nitrogen and oxygen atoms in total. The van der Waals surface area contributed by atoms with Crippen LogP contribution in [-0.4, -0.2) is 11.6 Å². The van der Waals surface area contributed by atoms with E-state index in [-0.39, 0.29) is 23.4 Å². The SMILES string of the molecule is CCCCC(=O)C1CCC(C(=O)Cc2ccc(F)cc2)CC1. The molecule has 0 atom stereocenters. The van der Waals surface area contributed by atoms with Gasteiger partial charge in [0.15, 0.2) is 0 Å². The molecular weight excluding hydrogens is 279 g/mol. The second-order valence-corrected chi connectivity index (χ2v) is 6.39. The fourth-order valence-corrected chi connectivity index (χ4v) is 3.24. The van der Waals surface area contributed by atoms with Crippen molar-refractivity contribution in [3.05, 3.63) is 35.6 Å². The average Bonchev–Trinajstić information content (AvgIpc) is 2.55. The number of ketones is 2. The zero-order valence-corrected chi connectivity index (χ0v) is 13.3. The molecule has 0 bridgehead atoms. The van der Waals surface area contributed by atoms with E-state index >= 15 is 0 Å². The van der Waals surface area contributed by atoms with E-state index in [1.807, 2.05) is 0 Å². The van der Waals surface area contributed by atoms with Crippen LogP contribution in [0.5, 0.6) is 0 Å². The topological polar surface area (TPSA) is 34.1 Å². The van der Waals surface area contributed by atoms with Crippen LogP contribution < -0.4 is 0 Å². The molecule has 0 unspecified atom stereocenters. The van der Waals surface area contributed by atoms with Crippen molar-refractivity contribution >= 4 is 11.6 Å². The highest BCUT2D eigenvalue weighted by Crippen LogP contribution is 2.31. The molecule has 0 heterocycles. The summed E-state index contributed by atoms with van der Waals surface area (Å²) in [7, 11) is 0. The maximum atomic E-state index is 12.9. The monoisotopic (exact) mass is 304 g/mol. The molecule has 1 saturated carbocycles. The molecule has 0 radical (unpaired) electrons. The van der Waals surface area contributed by atoms with Gasteiger partial charge in [0.2, 0.25) is 0 Å². The van der Waals surface area contributed by atoms with Crippen molar-refractivity contribution in [1.82, 2.24) is 0 Å². The van der Waals surface area contributed by atoms with Gasteiger partial charge in [0, 0.05) is 24.7 Å². The van der Waals surface area contributed by atoms with Crippen LogP contribution in [0.25, 0.3) is 0 Å². The zero-order chi connectivity index (χ0) is 15.9. The highest BCUT2D eigenvalue weighted by molar-refractivity contribution is 5.84. The van der Waals surface area contributed by atoms with Gasteiger partial charge in [-0.1, -0.05) is 25.5 Å². The Kier molecular flexibility index (Phi) is 6.29. The van der Waals surface area contributed by atoms with E-state index in [0.29, 0.717) is 18.6 Å². The van der Waals surface area contributed by atoms with Crippen molar-refractivity contribution < 1.29 is 14.0 Å². The molecule has 0 saturated heterocycles. The van der Waals surface area contributed by atoms with Crippen molar-refractivity contribution in [1.29, 1.82) is 0 Å². The van der Waals surface area contributed by atoms with E-state index in [0.717, 1.165) is 44.1 Å². The quantitative estimate of drug-likeness (QED) is 0.743. The maximum Gasteiger partial charge on any atom is 0.140 e. The number of carbonyl (C=O) groups excluding carboxylic acids is 2. The normalized spacial score (nSPS) is 21.5. The third-order valence-electron chi connectivity index (χ3n) is 4.71. The minimum Gasteiger partial charge on any atom is -0.299 e. The fraction of sp³-hybridized carbons (Fsp3) is 0.579. The highest BCUT2D eigenvalue weighted by atomic mass is 19.1. The lowest BCUT2D eigenvalue weighted by Gasteiger charge is -2.26. The van der Waals surface area contributed by atoms with Crippen LogP contribution in [0, 0.1) is 17.7 Å². The first-order valence-electron chi connectivity index (χ1n) is 8.40. The van der Waals surface area contributed by atoms with E-state index in [1.165, 1.54) is 12.1 Å². The van der Waals surface area contributed by atoms with E-state index in [2.05, 4.69) is 6.92 Å². The molecule has 1 aromatic rings. The molecule has 0 spiro atoms. The number of Topliss-reactive ketones (excluding diaryl/α,β-unsaturated/α-hetero) is 2. The molecule has 1 aliphatic carbocycles. The van der Waals surface area contributed by atoms with Gasteiger partial charge in [0.1, 0.15) is 17.4 Å². The molecule has 120 valence electrons. The summed E-state index contributed by atoms with van der Waals surface area (Å²) in [5.41, 5.74) is 0.868. The molecule has 2 rings (SSSR count). The van der Waals surface area contributed by atoms with E-state index < -0.39 is 0 Å². The number of carbonyl (C=O) groups is 2. The summed E-state index contributed by atoms with van der Waals surface area (Å²) in [5.74, 6) is 0.571. The van der Waals surface area contributed by atoms with Gasteiger partial charge in [0.25, 0.3) is 0 Å². The first kappa shape index (κ1) is 16.9. The minimum absolute atomic E-state index is 0.0697. The molecular formula is C19H25FO2. The van der Waals surface area contributed by atoms with Crippen LogP contribution in [0.1, 0.15) is 57.4 Å². The molecule has 1 fully saturated rings. The van der Waals surface area contributed by atoms with E-state index in [1.54, 1.807) is 12.1 Å². The number of halogens is 1. The number of hydrogen-bond donors (Lipinski definition) is 0. The molecule has 1 aliphatic rings. The second-order valence-electron chi connectivity index (χ2n) is 6.39. The van der Waals surface area contributed by atoms with Crippen LogP contribution in [-0.2, 0) is 16.0 Å². The lowest BCUT2D eigenvalue weighted by molar-refractivity contribution is -0.128. The second kappa shape index (κ2) is 8.21. The van der Waals surface area contributed by atoms with Gasteiger partial charge in [-0.3, -0.25) is 9.59 Å². The molecule has 0 aliphatic heterocycles. The molecule has 3 heteroatoms. The van der Waals surface area contributed by atoms with Crippen LogP contribution in [0.2, 0.25) is 0 Å². The van der Waals surface area contributed by atoms with Crippen molar-refractivity contribution in [2.75, 3.05) is 0 Å². The summed E-state index contributed by atoms with van der Waals surface area (Å²) in [5, 5.41) is 0. The van der Waals surface area contributed by atoms with Gasteiger partial charge in [0.05, 0.1) is 0 Å². The first-order chi connectivity index (χ1) is 10.6. The predicted molar refractivity (Wildman–Crippen MR) is 85.1 cm³/mol. The standard InChI is InChI=1S/C19H25FO2/c1-2-3-4-18(21)15-7-9-16(10-8-15)19(22)13-14-5-11-17(20)12-6-14/h5-6,11-12,15-16H,2-4,7-10,13H2,1H3. The summed E-state index contributed by atoms with van der Waals surface area (Å²) >= 11 is 0. The third-order valence-corrected chi connectivity index (χ3v) is 4.71. The Balaban J connectivity index is 1.79.